The van der Waals surface area contributed by atoms with Crippen molar-refractivity contribution in [1.29, 1.82) is 0 Å². The molecule has 6 nitrogen and oxygen atoms in total. The first-order valence-corrected chi connectivity index (χ1v) is 8.74. The second-order valence-corrected chi connectivity index (χ2v) is 6.37. The van der Waals surface area contributed by atoms with Crippen molar-refractivity contribution in [2.45, 2.75) is 38.6 Å². The molecule has 1 aliphatic rings. The molecule has 1 aromatic carbocycles. The molecule has 0 saturated heterocycles. The minimum absolute atomic E-state index is 0.0858. The van der Waals surface area contributed by atoms with E-state index in [0.29, 0.717) is 12.1 Å². The summed E-state index contributed by atoms with van der Waals surface area (Å²) in [6.07, 6.45) is 9.38. The third kappa shape index (κ3) is 3.33. The molecule has 25 heavy (non-hydrogen) atoms. The number of hydrogen-bond donors (Lipinski definition) is 2. The normalized spacial score (nSPS) is 13.9. The van der Waals surface area contributed by atoms with Crippen molar-refractivity contribution in [3.8, 4) is 5.69 Å². The molecule has 0 atom stereocenters. The SMILES string of the molecule is O=C(NCc1n[nH]c2c1CCCCC2)c1ccc(-n2cccn2)cc1. The number of aromatic amines is 1. The molecule has 0 saturated carbocycles. The van der Waals surface area contributed by atoms with Gasteiger partial charge in [-0.1, -0.05) is 6.42 Å². The van der Waals surface area contributed by atoms with Crippen molar-refractivity contribution >= 4 is 5.91 Å². The molecule has 6 heteroatoms. The topological polar surface area (TPSA) is 75.6 Å². The smallest absolute Gasteiger partial charge is 0.251 e. The van der Waals surface area contributed by atoms with Crippen molar-refractivity contribution < 1.29 is 4.79 Å². The molecule has 0 fully saturated rings. The fraction of sp³-hybridized carbons (Fsp3) is 0.316. The van der Waals surface area contributed by atoms with Crippen molar-refractivity contribution in [1.82, 2.24) is 25.3 Å². The highest BCUT2D eigenvalue weighted by atomic mass is 16.1. The van der Waals surface area contributed by atoms with Gasteiger partial charge in [0.1, 0.15) is 0 Å². The second kappa shape index (κ2) is 6.93. The van der Waals surface area contributed by atoms with E-state index in [2.05, 4.69) is 20.6 Å². The number of nitrogens with one attached hydrogen (secondary N) is 2. The van der Waals surface area contributed by atoms with Crippen molar-refractivity contribution in [3.63, 3.8) is 0 Å². The lowest BCUT2D eigenvalue weighted by Crippen LogP contribution is -2.23. The first kappa shape index (κ1) is 15.6. The molecule has 4 rings (SSSR count). The lowest BCUT2D eigenvalue weighted by Gasteiger charge is -2.07. The third-order valence-electron chi connectivity index (χ3n) is 4.71. The van der Waals surface area contributed by atoms with Gasteiger partial charge < -0.3 is 5.32 Å². The van der Waals surface area contributed by atoms with Gasteiger partial charge in [0.05, 0.1) is 17.9 Å². The van der Waals surface area contributed by atoms with Gasteiger partial charge in [-0.3, -0.25) is 9.89 Å². The Morgan fingerprint density at radius 1 is 1.16 bits per heavy atom. The zero-order valence-corrected chi connectivity index (χ0v) is 14.0. The maximum Gasteiger partial charge on any atom is 0.251 e. The van der Waals surface area contributed by atoms with Gasteiger partial charge in [0, 0.05) is 23.7 Å². The van der Waals surface area contributed by atoms with Crippen LogP contribution in [0, 0.1) is 0 Å². The van der Waals surface area contributed by atoms with Crippen LogP contribution in [-0.2, 0) is 19.4 Å². The van der Waals surface area contributed by atoms with Crippen molar-refractivity contribution in [2.75, 3.05) is 0 Å². The second-order valence-electron chi connectivity index (χ2n) is 6.37. The predicted octanol–water partition coefficient (Wildman–Crippen LogP) is 2.79. The average Bonchev–Trinajstić information content (AvgIpc) is 3.25. The van der Waals surface area contributed by atoms with Crippen LogP contribution in [0.2, 0.25) is 0 Å². The van der Waals surface area contributed by atoms with E-state index in [9.17, 15) is 4.79 Å². The highest BCUT2D eigenvalue weighted by Crippen LogP contribution is 2.21. The Hall–Kier alpha value is -2.89. The summed E-state index contributed by atoms with van der Waals surface area (Å²) in [5, 5.41) is 14.7. The maximum atomic E-state index is 12.4. The fourth-order valence-corrected chi connectivity index (χ4v) is 3.33. The molecule has 0 radical (unpaired) electrons. The van der Waals surface area contributed by atoms with E-state index in [1.807, 2.05) is 36.5 Å². The summed E-state index contributed by atoms with van der Waals surface area (Å²) in [7, 11) is 0. The van der Waals surface area contributed by atoms with Gasteiger partial charge in [0.2, 0.25) is 0 Å². The predicted molar refractivity (Wildman–Crippen MR) is 94.6 cm³/mol. The summed E-state index contributed by atoms with van der Waals surface area (Å²) in [6, 6.07) is 9.28. The number of hydrogen-bond acceptors (Lipinski definition) is 3. The van der Waals surface area contributed by atoms with Crippen LogP contribution >= 0.6 is 0 Å². The van der Waals surface area contributed by atoms with Crippen LogP contribution in [0.3, 0.4) is 0 Å². The van der Waals surface area contributed by atoms with E-state index in [0.717, 1.165) is 24.2 Å². The lowest BCUT2D eigenvalue weighted by molar-refractivity contribution is 0.0950. The zero-order valence-electron chi connectivity index (χ0n) is 14.0. The highest BCUT2D eigenvalue weighted by molar-refractivity contribution is 5.94. The Morgan fingerprint density at radius 2 is 2.00 bits per heavy atom. The van der Waals surface area contributed by atoms with Gasteiger partial charge in [-0.15, -0.1) is 0 Å². The molecule has 2 heterocycles. The number of carbonyl (C=O) groups excluding carboxylic acids is 1. The number of aryl methyl sites for hydroxylation is 1. The van der Waals surface area contributed by atoms with Gasteiger partial charge in [-0.05, 0) is 61.6 Å². The minimum Gasteiger partial charge on any atom is -0.346 e. The maximum absolute atomic E-state index is 12.4. The zero-order chi connectivity index (χ0) is 17.1. The van der Waals surface area contributed by atoms with E-state index >= 15 is 0 Å². The van der Waals surface area contributed by atoms with Crippen LogP contribution in [0.4, 0.5) is 0 Å². The molecule has 1 aliphatic carbocycles. The Kier molecular flexibility index (Phi) is 4.33. The van der Waals surface area contributed by atoms with Gasteiger partial charge >= 0.3 is 0 Å². The Balaban J connectivity index is 1.42. The molecular weight excluding hydrogens is 314 g/mol. The first-order valence-electron chi connectivity index (χ1n) is 8.74. The van der Waals surface area contributed by atoms with Gasteiger partial charge in [-0.2, -0.15) is 10.2 Å². The van der Waals surface area contributed by atoms with Crippen LogP contribution in [0.15, 0.2) is 42.7 Å². The number of aromatic nitrogens is 4. The molecular formula is C19H21N5O. The van der Waals surface area contributed by atoms with Gasteiger partial charge in [0.15, 0.2) is 0 Å². The molecule has 1 amide bonds. The molecule has 3 aromatic rings. The Bertz CT molecular complexity index is 849. The van der Waals surface area contributed by atoms with Crippen LogP contribution < -0.4 is 5.32 Å². The molecule has 0 bridgehead atoms. The number of H-pyrrole nitrogens is 1. The number of nitrogens with zero attached hydrogens (tertiary/aromatic N) is 3. The minimum atomic E-state index is -0.0858. The molecule has 0 unspecified atom stereocenters. The number of rotatable bonds is 4. The van der Waals surface area contributed by atoms with Crippen LogP contribution in [-0.4, -0.2) is 25.9 Å². The third-order valence-corrected chi connectivity index (χ3v) is 4.71. The fourth-order valence-electron chi connectivity index (χ4n) is 3.33. The number of fused-ring (bicyclic) bond motifs is 1. The van der Waals surface area contributed by atoms with E-state index in [1.165, 1.54) is 30.5 Å². The Morgan fingerprint density at radius 3 is 2.80 bits per heavy atom. The van der Waals surface area contributed by atoms with Crippen LogP contribution in [0.5, 0.6) is 0 Å². The number of amides is 1. The van der Waals surface area contributed by atoms with E-state index < -0.39 is 0 Å². The lowest BCUT2D eigenvalue weighted by atomic mass is 10.1. The highest BCUT2D eigenvalue weighted by Gasteiger charge is 2.16. The standard InChI is InChI=1S/C19H21N5O/c25-19(14-7-9-15(10-8-14)24-12-4-11-21-24)20-13-18-16-5-2-1-3-6-17(16)22-23-18/h4,7-12H,1-3,5-6,13H2,(H,20,25)(H,22,23). The monoisotopic (exact) mass is 335 g/mol. The largest absolute Gasteiger partial charge is 0.346 e. The number of benzene rings is 1. The number of carbonyl (C=O) groups is 1. The molecule has 128 valence electrons. The quantitative estimate of drug-likeness (QED) is 0.720. The van der Waals surface area contributed by atoms with Crippen LogP contribution in [0.1, 0.15) is 46.6 Å². The van der Waals surface area contributed by atoms with Gasteiger partial charge in [0.25, 0.3) is 5.91 Å². The van der Waals surface area contributed by atoms with Gasteiger partial charge in [-0.25, -0.2) is 4.68 Å². The summed E-state index contributed by atoms with van der Waals surface area (Å²) in [6.45, 7) is 0.464. The summed E-state index contributed by atoms with van der Waals surface area (Å²) in [5.74, 6) is -0.0858. The molecule has 2 N–H and O–H groups in total. The summed E-state index contributed by atoms with van der Waals surface area (Å²) >= 11 is 0. The van der Waals surface area contributed by atoms with E-state index in [-0.39, 0.29) is 5.91 Å². The summed E-state index contributed by atoms with van der Waals surface area (Å²) in [5.41, 5.74) is 5.08. The van der Waals surface area contributed by atoms with Crippen molar-refractivity contribution in [2.24, 2.45) is 0 Å². The molecule has 0 aliphatic heterocycles. The van der Waals surface area contributed by atoms with E-state index in [4.69, 9.17) is 0 Å². The molecule has 0 spiro atoms. The average molecular weight is 335 g/mol. The van der Waals surface area contributed by atoms with E-state index in [1.54, 1.807) is 10.9 Å². The summed E-state index contributed by atoms with van der Waals surface area (Å²) in [4.78, 5) is 12.4. The summed E-state index contributed by atoms with van der Waals surface area (Å²) < 4.78 is 1.76. The first-order chi connectivity index (χ1) is 12.3. The Labute approximate surface area is 146 Å². The van der Waals surface area contributed by atoms with Crippen molar-refractivity contribution in [3.05, 3.63) is 65.2 Å². The molecule has 2 aromatic heterocycles. The van der Waals surface area contributed by atoms with Crippen LogP contribution in [0.25, 0.3) is 5.69 Å².